The Hall–Kier alpha value is -3.19. The van der Waals surface area contributed by atoms with Gasteiger partial charge in [0.1, 0.15) is 5.65 Å². The molecule has 0 N–H and O–H groups in total. The van der Waals surface area contributed by atoms with E-state index >= 15 is 0 Å². The van der Waals surface area contributed by atoms with Crippen molar-refractivity contribution in [1.82, 2.24) is 19.2 Å². The molecular weight excluding hydrogens is 438 g/mol. The van der Waals surface area contributed by atoms with Crippen LogP contribution in [0.5, 0.6) is 0 Å². The maximum absolute atomic E-state index is 13.6. The quantitative estimate of drug-likeness (QED) is 0.585. The fourth-order valence-electron chi connectivity index (χ4n) is 6.14. The van der Waals surface area contributed by atoms with Gasteiger partial charge in [0.25, 0.3) is 0 Å². The van der Waals surface area contributed by atoms with Crippen molar-refractivity contribution in [1.29, 1.82) is 0 Å². The number of piperazine rings is 1. The average molecular weight is 472 g/mol. The van der Waals surface area contributed by atoms with E-state index in [4.69, 9.17) is 4.98 Å². The number of nitrogens with zero attached hydrogens (tertiary/aromatic N) is 5. The summed E-state index contributed by atoms with van der Waals surface area (Å²) in [5, 5.41) is 0. The minimum Gasteiger partial charge on any atom is -0.340 e. The number of benzene rings is 1. The summed E-state index contributed by atoms with van der Waals surface area (Å²) in [6, 6.07) is 14.2. The number of carbonyl (C=O) groups is 2. The van der Waals surface area contributed by atoms with E-state index in [-0.39, 0.29) is 23.7 Å². The molecule has 0 bridgehead atoms. The van der Waals surface area contributed by atoms with Gasteiger partial charge in [-0.2, -0.15) is 0 Å². The van der Waals surface area contributed by atoms with Crippen molar-refractivity contribution in [3.63, 3.8) is 0 Å². The zero-order valence-electron chi connectivity index (χ0n) is 20.2. The van der Waals surface area contributed by atoms with Crippen LogP contribution in [0.25, 0.3) is 5.65 Å². The molecule has 2 aliphatic heterocycles. The standard InChI is InChI=1S/C28H33N5O2/c34-27(31-17-15-30(16-18-31)19-22-20-32-13-6-5-11-26(32)29-22)23-8-2-3-9-24(23)28(35)33-14-12-21-7-1-4-10-25(21)33/h1,4-7,10-11,13,20,23-24H,2-3,8-9,12,14-19H2. The number of amides is 2. The number of fused-ring (bicyclic) bond motifs is 2. The van der Waals surface area contributed by atoms with E-state index in [1.807, 2.05) is 56.8 Å². The molecule has 6 rings (SSSR count). The smallest absolute Gasteiger partial charge is 0.230 e. The van der Waals surface area contributed by atoms with E-state index in [1.54, 1.807) is 0 Å². The molecule has 2 unspecified atom stereocenters. The molecule has 2 aromatic heterocycles. The van der Waals surface area contributed by atoms with Gasteiger partial charge in [-0.05, 0) is 43.0 Å². The number of carbonyl (C=O) groups excluding carboxylic acids is 2. The highest BCUT2D eigenvalue weighted by atomic mass is 16.2. The van der Waals surface area contributed by atoms with Crippen LogP contribution in [0.1, 0.15) is 36.9 Å². The van der Waals surface area contributed by atoms with Gasteiger partial charge in [-0.25, -0.2) is 4.98 Å². The number of anilines is 1. The van der Waals surface area contributed by atoms with Crippen LogP contribution in [0.2, 0.25) is 0 Å². The Labute approximate surface area is 206 Å². The van der Waals surface area contributed by atoms with Crippen molar-refractivity contribution in [2.75, 3.05) is 37.6 Å². The van der Waals surface area contributed by atoms with E-state index in [9.17, 15) is 9.59 Å². The molecule has 1 aromatic carbocycles. The highest BCUT2D eigenvalue weighted by molar-refractivity contribution is 5.99. The van der Waals surface area contributed by atoms with Crippen LogP contribution in [0.4, 0.5) is 5.69 Å². The van der Waals surface area contributed by atoms with Gasteiger partial charge < -0.3 is 14.2 Å². The van der Waals surface area contributed by atoms with Gasteiger partial charge in [-0.1, -0.05) is 37.1 Å². The second kappa shape index (κ2) is 9.46. The SMILES string of the molecule is O=C(C1CCCCC1C(=O)N1CCc2ccccc21)N1CCN(Cc2cn3ccccc3n2)CC1. The third-order valence-electron chi connectivity index (χ3n) is 8.04. The predicted octanol–water partition coefficient (Wildman–Crippen LogP) is 3.37. The largest absolute Gasteiger partial charge is 0.340 e. The maximum Gasteiger partial charge on any atom is 0.230 e. The van der Waals surface area contributed by atoms with Gasteiger partial charge >= 0.3 is 0 Å². The second-order valence-corrected chi connectivity index (χ2v) is 10.2. The summed E-state index contributed by atoms with van der Waals surface area (Å²) in [6.45, 7) is 4.64. The molecule has 3 aromatic rings. The van der Waals surface area contributed by atoms with Crippen LogP contribution in [0, 0.1) is 11.8 Å². The van der Waals surface area contributed by atoms with Crippen molar-refractivity contribution < 1.29 is 9.59 Å². The number of pyridine rings is 1. The van der Waals surface area contributed by atoms with E-state index in [1.165, 1.54) is 5.56 Å². The van der Waals surface area contributed by atoms with Crippen molar-refractivity contribution in [2.24, 2.45) is 11.8 Å². The molecule has 182 valence electrons. The molecule has 1 saturated carbocycles. The fourth-order valence-corrected chi connectivity index (χ4v) is 6.14. The highest BCUT2D eigenvalue weighted by Gasteiger charge is 2.41. The topological polar surface area (TPSA) is 61.2 Å². The molecule has 3 aliphatic rings. The van der Waals surface area contributed by atoms with Crippen molar-refractivity contribution in [2.45, 2.75) is 38.6 Å². The molecule has 7 nitrogen and oxygen atoms in total. The minimum absolute atomic E-state index is 0.151. The number of imidazole rings is 1. The summed E-state index contributed by atoms with van der Waals surface area (Å²) in [7, 11) is 0. The van der Waals surface area contributed by atoms with Crippen LogP contribution in [-0.2, 0) is 22.6 Å². The lowest BCUT2D eigenvalue weighted by molar-refractivity contribution is -0.144. The lowest BCUT2D eigenvalue weighted by Gasteiger charge is -2.39. The summed E-state index contributed by atoms with van der Waals surface area (Å²) in [5.41, 5.74) is 4.29. The van der Waals surface area contributed by atoms with Gasteiger partial charge in [0, 0.05) is 63.3 Å². The number of aromatic nitrogens is 2. The lowest BCUT2D eigenvalue weighted by Crippen LogP contribution is -2.52. The number of para-hydroxylation sites is 1. The third kappa shape index (κ3) is 4.33. The molecule has 1 aliphatic carbocycles. The van der Waals surface area contributed by atoms with Crippen molar-refractivity contribution in [3.05, 3.63) is 66.1 Å². The molecule has 4 heterocycles. The Morgan fingerprint density at radius 2 is 1.60 bits per heavy atom. The summed E-state index contributed by atoms with van der Waals surface area (Å²) < 4.78 is 2.05. The van der Waals surface area contributed by atoms with Gasteiger partial charge in [0.2, 0.25) is 11.8 Å². The summed E-state index contributed by atoms with van der Waals surface area (Å²) in [5.74, 6) is -0.0474. The van der Waals surface area contributed by atoms with Gasteiger partial charge in [-0.3, -0.25) is 14.5 Å². The molecule has 2 fully saturated rings. The number of hydrogen-bond acceptors (Lipinski definition) is 4. The Balaban J connectivity index is 1.09. The molecule has 35 heavy (non-hydrogen) atoms. The first-order valence-electron chi connectivity index (χ1n) is 13.0. The molecule has 0 radical (unpaired) electrons. The van der Waals surface area contributed by atoms with E-state index in [0.717, 1.165) is 88.4 Å². The van der Waals surface area contributed by atoms with Gasteiger partial charge in [0.05, 0.1) is 11.6 Å². The van der Waals surface area contributed by atoms with Crippen LogP contribution >= 0.6 is 0 Å². The Bertz CT molecular complexity index is 1200. The summed E-state index contributed by atoms with van der Waals surface area (Å²) >= 11 is 0. The fraction of sp³-hybridized carbons (Fsp3) is 0.464. The molecule has 2 atom stereocenters. The Morgan fingerprint density at radius 1 is 0.857 bits per heavy atom. The second-order valence-electron chi connectivity index (χ2n) is 10.2. The third-order valence-corrected chi connectivity index (χ3v) is 8.04. The number of hydrogen-bond donors (Lipinski definition) is 0. The monoisotopic (exact) mass is 471 g/mol. The Morgan fingerprint density at radius 3 is 2.40 bits per heavy atom. The lowest BCUT2D eigenvalue weighted by atomic mass is 9.77. The van der Waals surface area contributed by atoms with Gasteiger partial charge in [-0.15, -0.1) is 0 Å². The first-order chi connectivity index (χ1) is 17.2. The maximum atomic E-state index is 13.6. The van der Waals surface area contributed by atoms with Crippen molar-refractivity contribution in [3.8, 4) is 0 Å². The molecule has 7 heteroatoms. The molecule has 0 spiro atoms. The predicted molar refractivity (Wildman–Crippen MR) is 135 cm³/mol. The summed E-state index contributed by atoms with van der Waals surface area (Å²) in [6.07, 6.45) is 8.72. The molecule has 1 saturated heterocycles. The Kier molecular flexibility index (Phi) is 6.02. The first-order valence-corrected chi connectivity index (χ1v) is 13.0. The van der Waals surface area contributed by atoms with Crippen LogP contribution in [0.3, 0.4) is 0 Å². The van der Waals surface area contributed by atoms with E-state index in [0.29, 0.717) is 0 Å². The van der Waals surface area contributed by atoms with Crippen LogP contribution < -0.4 is 4.90 Å². The normalized spacial score (nSPS) is 23.0. The van der Waals surface area contributed by atoms with Crippen molar-refractivity contribution >= 4 is 23.1 Å². The average Bonchev–Trinajstić information content (AvgIpc) is 3.52. The molecule has 2 amide bonds. The van der Waals surface area contributed by atoms with Gasteiger partial charge in [0.15, 0.2) is 0 Å². The zero-order valence-corrected chi connectivity index (χ0v) is 20.2. The van der Waals surface area contributed by atoms with Crippen LogP contribution in [-0.4, -0.2) is 63.7 Å². The molecular formula is C28H33N5O2. The highest BCUT2D eigenvalue weighted by Crippen LogP contribution is 2.36. The van der Waals surface area contributed by atoms with Crippen LogP contribution in [0.15, 0.2) is 54.9 Å². The summed E-state index contributed by atoms with van der Waals surface area (Å²) in [4.78, 5) is 38.3. The zero-order chi connectivity index (χ0) is 23.8. The number of rotatable bonds is 4. The van der Waals surface area contributed by atoms with E-state index in [2.05, 4.69) is 17.2 Å². The minimum atomic E-state index is -0.196. The van der Waals surface area contributed by atoms with E-state index < -0.39 is 0 Å². The first kappa shape index (κ1) is 22.3.